The van der Waals surface area contributed by atoms with E-state index in [1.165, 1.54) is 0 Å². The normalized spacial score (nSPS) is 11.1. The fourth-order valence-electron chi connectivity index (χ4n) is 1.67. The van der Waals surface area contributed by atoms with Gasteiger partial charge in [-0.25, -0.2) is 4.79 Å². The molecule has 0 unspecified atom stereocenters. The Labute approximate surface area is 98.6 Å². The molecule has 5 nitrogen and oxygen atoms in total. The van der Waals surface area contributed by atoms with E-state index in [0.29, 0.717) is 5.88 Å². The number of hydrogen-bond acceptors (Lipinski definition) is 3. The molecule has 0 fully saturated rings. The standard InChI is InChI=1S/C12H14N2O3/c1-7(2)17-11-9-5-4-8(12(15)16)6-10(9)14(3)13-11/h4-7H,1-3H3,(H,15,16). The maximum Gasteiger partial charge on any atom is 0.335 e. The van der Waals surface area contributed by atoms with Crippen molar-refractivity contribution in [3.63, 3.8) is 0 Å². The second-order valence-electron chi connectivity index (χ2n) is 4.13. The molecule has 0 radical (unpaired) electrons. The summed E-state index contributed by atoms with van der Waals surface area (Å²) in [5, 5.41) is 14.0. The number of benzene rings is 1. The first kappa shape index (κ1) is 11.4. The fraction of sp³-hybridized carbons (Fsp3) is 0.333. The van der Waals surface area contributed by atoms with Crippen LogP contribution in [0.2, 0.25) is 0 Å². The second-order valence-corrected chi connectivity index (χ2v) is 4.13. The predicted molar refractivity (Wildman–Crippen MR) is 63.4 cm³/mol. The van der Waals surface area contributed by atoms with Gasteiger partial charge in [-0.3, -0.25) is 4.68 Å². The molecule has 5 heteroatoms. The zero-order valence-corrected chi connectivity index (χ0v) is 9.97. The first-order chi connectivity index (χ1) is 7.99. The van der Waals surface area contributed by atoms with Crippen LogP contribution in [0, 0.1) is 0 Å². The first-order valence-electron chi connectivity index (χ1n) is 5.35. The zero-order valence-electron chi connectivity index (χ0n) is 9.97. The number of fused-ring (bicyclic) bond motifs is 1. The Kier molecular flexibility index (Phi) is 2.75. The number of rotatable bonds is 3. The van der Waals surface area contributed by atoms with Crippen LogP contribution in [-0.2, 0) is 7.05 Å². The Morgan fingerprint density at radius 3 is 2.76 bits per heavy atom. The SMILES string of the molecule is CC(C)Oc1nn(C)c2cc(C(=O)O)ccc12. The van der Waals surface area contributed by atoms with E-state index < -0.39 is 5.97 Å². The molecule has 2 rings (SSSR count). The van der Waals surface area contributed by atoms with Gasteiger partial charge < -0.3 is 9.84 Å². The van der Waals surface area contributed by atoms with Crippen molar-refractivity contribution in [1.82, 2.24) is 9.78 Å². The van der Waals surface area contributed by atoms with Crippen LogP contribution in [0.5, 0.6) is 5.88 Å². The summed E-state index contributed by atoms with van der Waals surface area (Å²) in [6.07, 6.45) is 0.0345. The molecule has 90 valence electrons. The third-order valence-electron chi connectivity index (χ3n) is 2.41. The van der Waals surface area contributed by atoms with Gasteiger partial charge in [0.1, 0.15) is 0 Å². The highest BCUT2D eigenvalue weighted by Gasteiger charge is 2.13. The van der Waals surface area contributed by atoms with Gasteiger partial charge in [0.15, 0.2) is 0 Å². The second kappa shape index (κ2) is 4.08. The summed E-state index contributed by atoms with van der Waals surface area (Å²) < 4.78 is 7.19. The lowest BCUT2D eigenvalue weighted by atomic mass is 10.1. The Bertz CT molecular complexity index is 572. The molecule has 0 bridgehead atoms. The lowest BCUT2D eigenvalue weighted by Crippen LogP contribution is -2.06. The van der Waals surface area contributed by atoms with Crippen LogP contribution in [0.1, 0.15) is 24.2 Å². The van der Waals surface area contributed by atoms with E-state index in [4.69, 9.17) is 9.84 Å². The number of aryl methyl sites for hydroxylation is 1. The van der Waals surface area contributed by atoms with Crippen molar-refractivity contribution < 1.29 is 14.6 Å². The fourth-order valence-corrected chi connectivity index (χ4v) is 1.67. The average Bonchev–Trinajstić information content (AvgIpc) is 2.54. The quantitative estimate of drug-likeness (QED) is 0.882. The van der Waals surface area contributed by atoms with E-state index in [1.54, 1.807) is 29.9 Å². The Hall–Kier alpha value is -2.04. The van der Waals surface area contributed by atoms with Crippen molar-refractivity contribution in [2.24, 2.45) is 7.05 Å². The summed E-state index contributed by atoms with van der Waals surface area (Å²) in [5.41, 5.74) is 0.997. The van der Waals surface area contributed by atoms with E-state index in [-0.39, 0.29) is 11.7 Å². The highest BCUT2D eigenvalue weighted by atomic mass is 16.5. The molecule has 0 aliphatic carbocycles. The van der Waals surface area contributed by atoms with Crippen molar-refractivity contribution in [3.05, 3.63) is 23.8 Å². The van der Waals surface area contributed by atoms with Crippen LogP contribution in [0.15, 0.2) is 18.2 Å². The molecule has 1 aromatic carbocycles. The molecule has 17 heavy (non-hydrogen) atoms. The summed E-state index contributed by atoms with van der Waals surface area (Å²) in [4.78, 5) is 10.9. The summed E-state index contributed by atoms with van der Waals surface area (Å²) in [6, 6.07) is 4.88. The van der Waals surface area contributed by atoms with Crippen molar-refractivity contribution in [2.75, 3.05) is 0 Å². The summed E-state index contributed by atoms with van der Waals surface area (Å²) in [5.74, 6) is -0.408. The van der Waals surface area contributed by atoms with E-state index >= 15 is 0 Å². The van der Waals surface area contributed by atoms with Crippen molar-refractivity contribution in [1.29, 1.82) is 0 Å². The van der Waals surface area contributed by atoms with Crippen LogP contribution in [0.3, 0.4) is 0 Å². The molecule has 1 N–H and O–H groups in total. The Balaban J connectivity index is 2.57. The van der Waals surface area contributed by atoms with Crippen molar-refractivity contribution in [2.45, 2.75) is 20.0 Å². The van der Waals surface area contributed by atoms with Crippen LogP contribution < -0.4 is 4.74 Å². The molecule has 0 atom stereocenters. The number of ether oxygens (including phenoxy) is 1. The molecule has 2 aromatic rings. The van der Waals surface area contributed by atoms with E-state index in [9.17, 15) is 4.79 Å². The lowest BCUT2D eigenvalue weighted by molar-refractivity contribution is 0.0697. The lowest BCUT2D eigenvalue weighted by Gasteiger charge is -2.05. The van der Waals surface area contributed by atoms with Crippen LogP contribution in [0.4, 0.5) is 0 Å². The number of aromatic nitrogens is 2. The molecule has 0 saturated carbocycles. The zero-order chi connectivity index (χ0) is 12.6. The molecule has 1 aromatic heterocycles. The van der Waals surface area contributed by atoms with Gasteiger partial charge in [0.05, 0.1) is 22.6 Å². The average molecular weight is 234 g/mol. The molecule has 1 heterocycles. The maximum absolute atomic E-state index is 10.9. The minimum atomic E-state index is -0.945. The Morgan fingerprint density at radius 1 is 1.47 bits per heavy atom. The Morgan fingerprint density at radius 2 is 2.18 bits per heavy atom. The van der Waals surface area contributed by atoms with Gasteiger partial charge in [0.2, 0.25) is 5.88 Å². The highest BCUT2D eigenvalue weighted by Crippen LogP contribution is 2.26. The van der Waals surface area contributed by atoms with Crippen molar-refractivity contribution >= 4 is 16.9 Å². The number of nitrogens with zero attached hydrogens (tertiary/aromatic N) is 2. The monoisotopic (exact) mass is 234 g/mol. The van der Waals surface area contributed by atoms with Crippen LogP contribution in [-0.4, -0.2) is 27.0 Å². The molecule has 0 saturated heterocycles. The van der Waals surface area contributed by atoms with Gasteiger partial charge in [-0.2, -0.15) is 0 Å². The molecule has 0 aliphatic rings. The third-order valence-corrected chi connectivity index (χ3v) is 2.41. The van der Waals surface area contributed by atoms with Crippen LogP contribution in [0.25, 0.3) is 10.9 Å². The van der Waals surface area contributed by atoms with E-state index in [1.807, 2.05) is 13.8 Å². The summed E-state index contributed by atoms with van der Waals surface area (Å²) >= 11 is 0. The molecular weight excluding hydrogens is 220 g/mol. The number of carboxylic acid groups (broad SMARTS) is 1. The van der Waals surface area contributed by atoms with Crippen LogP contribution >= 0.6 is 0 Å². The molecule has 0 amide bonds. The summed E-state index contributed by atoms with van der Waals surface area (Å²) in [6.45, 7) is 3.85. The van der Waals surface area contributed by atoms with Crippen molar-refractivity contribution in [3.8, 4) is 5.88 Å². The number of aromatic carboxylic acids is 1. The van der Waals surface area contributed by atoms with Gasteiger partial charge >= 0.3 is 5.97 Å². The van der Waals surface area contributed by atoms with Gasteiger partial charge in [-0.15, -0.1) is 5.10 Å². The third kappa shape index (κ3) is 2.08. The molecular formula is C12H14N2O3. The van der Waals surface area contributed by atoms with Gasteiger partial charge in [-0.05, 0) is 32.0 Å². The predicted octanol–water partition coefficient (Wildman–Crippen LogP) is 2.06. The number of carbonyl (C=O) groups is 1. The topological polar surface area (TPSA) is 64.4 Å². The first-order valence-corrected chi connectivity index (χ1v) is 5.35. The van der Waals surface area contributed by atoms with E-state index in [0.717, 1.165) is 10.9 Å². The molecule has 0 spiro atoms. The minimum Gasteiger partial charge on any atom is -0.478 e. The van der Waals surface area contributed by atoms with Gasteiger partial charge in [0.25, 0.3) is 0 Å². The minimum absolute atomic E-state index is 0.0345. The smallest absolute Gasteiger partial charge is 0.335 e. The number of hydrogen-bond donors (Lipinski definition) is 1. The maximum atomic E-state index is 10.9. The largest absolute Gasteiger partial charge is 0.478 e. The molecule has 0 aliphatic heterocycles. The number of carboxylic acids is 1. The summed E-state index contributed by atoms with van der Waals surface area (Å²) in [7, 11) is 1.77. The van der Waals surface area contributed by atoms with E-state index in [2.05, 4.69) is 5.10 Å². The van der Waals surface area contributed by atoms with Gasteiger partial charge in [0, 0.05) is 7.05 Å². The highest BCUT2D eigenvalue weighted by molar-refractivity contribution is 5.94. The van der Waals surface area contributed by atoms with Gasteiger partial charge in [-0.1, -0.05) is 0 Å².